The Bertz CT molecular complexity index is 2300. The second kappa shape index (κ2) is 15.1. The molecule has 4 atom stereocenters. The van der Waals surface area contributed by atoms with E-state index in [2.05, 4.69) is 134 Å². The van der Waals surface area contributed by atoms with Gasteiger partial charge in [-0.1, -0.05) is 68.4 Å². The van der Waals surface area contributed by atoms with Crippen LogP contribution >= 0.6 is 45.3 Å². The number of fused-ring (bicyclic) bond motifs is 4. The number of nitrogens with two attached hydrogens (primary N) is 2. The number of hydrogen-bond acceptors (Lipinski definition) is 6. The number of rotatable bonds is 8. The van der Waals surface area contributed by atoms with Crippen molar-refractivity contribution in [2.45, 2.75) is 51.6 Å². The monoisotopic (exact) mass is 760 g/mol. The Labute approximate surface area is 319 Å². The van der Waals surface area contributed by atoms with E-state index in [1.807, 2.05) is 36.5 Å². The third-order valence-electron chi connectivity index (χ3n) is 9.44. The second-order valence-corrected chi connectivity index (χ2v) is 17.6. The topological polar surface area (TPSA) is 110 Å². The lowest BCUT2D eigenvalue weighted by atomic mass is 9.98. The van der Waals surface area contributed by atoms with Crippen molar-refractivity contribution in [3.63, 3.8) is 0 Å². The number of carbonyl (C=O) groups is 2. The molecule has 4 heterocycles. The average Bonchev–Trinajstić information content (AvgIpc) is 3.93. The summed E-state index contributed by atoms with van der Waals surface area (Å²) in [5, 5.41) is 10.5. The molecule has 6 nitrogen and oxygen atoms in total. The molecule has 4 unspecified atom stereocenters. The van der Waals surface area contributed by atoms with E-state index in [1.54, 1.807) is 22.7 Å². The number of benzene rings is 4. The summed E-state index contributed by atoms with van der Waals surface area (Å²) in [6, 6.07) is 38.1. The highest BCUT2D eigenvalue weighted by molar-refractivity contribution is 7.20. The largest absolute Gasteiger partial charge is 0.352 e. The quantitative estimate of drug-likeness (QED) is 0.124. The molecule has 0 aliphatic rings. The van der Waals surface area contributed by atoms with Gasteiger partial charge in [0, 0.05) is 50.1 Å². The van der Waals surface area contributed by atoms with Gasteiger partial charge in [0.15, 0.2) is 0 Å². The molecule has 264 valence electrons. The molecule has 4 aromatic heterocycles. The standard InChI is InChI=1S/2C21H20N2OS2/c1-12(19-10-15-5-3-4-6-17(15)25-19)14-7-8-18-16(9-14)11-20(26-18)13(2)23-21(22)24;1-12(18-10-15-5-3-4-6-17(15)25-18)14-7-8-16-11-19(26-20(16)9-14)13(2)23-21(22)24/h2*3-13H,1-2H3,(H3,22,23,24). The summed E-state index contributed by atoms with van der Waals surface area (Å²) in [6.45, 7) is 8.43. The van der Waals surface area contributed by atoms with Crippen molar-refractivity contribution in [1.29, 1.82) is 0 Å². The smallest absolute Gasteiger partial charge is 0.312 e. The molecule has 0 spiro atoms. The van der Waals surface area contributed by atoms with Crippen molar-refractivity contribution in [2.75, 3.05) is 0 Å². The predicted octanol–water partition coefficient (Wildman–Crippen LogP) is 12.0. The average molecular weight is 761 g/mol. The van der Waals surface area contributed by atoms with Gasteiger partial charge in [-0.3, -0.25) is 0 Å². The minimum absolute atomic E-state index is 0.0756. The summed E-state index contributed by atoms with van der Waals surface area (Å²) in [4.78, 5) is 27.2. The Morgan fingerprint density at radius 1 is 0.462 bits per heavy atom. The lowest BCUT2D eigenvalue weighted by Gasteiger charge is -2.09. The van der Waals surface area contributed by atoms with Crippen LogP contribution in [0.3, 0.4) is 0 Å². The molecule has 0 bridgehead atoms. The number of carbonyl (C=O) groups excluding carboxylic acids is 2. The van der Waals surface area contributed by atoms with Gasteiger partial charge in [-0.05, 0) is 101 Å². The third-order valence-corrected chi connectivity index (χ3v) is 14.6. The Balaban J connectivity index is 0.000000162. The fourth-order valence-corrected chi connectivity index (χ4v) is 10.9. The highest BCUT2D eigenvalue weighted by Crippen LogP contribution is 2.39. The zero-order valence-corrected chi connectivity index (χ0v) is 32.6. The lowest BCUT2D eigenvalue weighted by Crippen LogP contribution is -2.31. The van der Waals surface area contributed by atoms with E-state index in [-0.39, 0.29) is 12.1 Å². The zero-order chi connectivity index (χ0) is 36.5. The molecule has 8 aromatic rings. The Kier molecular flexibility index (Phi) is 10.3. The van der Waals surface area contributed by atoms with Crippen LogP contribution in [0.4, 0.5) is 9.59 Å². The van der Waals surface area contributed by atoms with E-state index < -0.39 is 12.1 Å². The first-order valence-electron chi connectivity index (χ1n) is 17.2. The fourth-order valence-electron chi connectivity index (χ4n) is 6.45. The van der Waals surface area contributed by atoms with Crippen LogP contribution in [-0.4, -0.2) is 12.1 Å². The van der Waals surface area contributed by atoms with Crippen molar-refractivity contribution < 1.29 is 9.59 Å². The summed E-state index contributed by atoms with van der Waals surface area (Å²) in [5.74, 6) is 0.699. The van der Waals surface area contributed by atoms with Crippen molar-refractivity contribution >= 4 is 97.8 Å². The van der Waals surface area contributed by atoms with Crippen LogP contribution in [0.5, 0.6) is 0 Å². The molecule has 0 radical (unpaired) electrons. The molecule has 0 saturated heterocycles. The second-order valence-electron chi connectivity index (χ2n) is 13.2. The van der Waals surface area contributed by atoms with E-state index in [0.717, 1.165) is 9.75 Å². The highest BCUT2D eigenvalue weighted by Gasteiger charge is 2.17. The number of primary amides is 2. The summed E-state index contributed by atoms with van der Waals surface area (Å²) in [6.07, 6.45) is 0. The molecule has 4 amide bonds. The van der Waals surface area contributed by atoms with Gasteiger partial charge in [-0.25, -0.2) is 9.59 Å². The van der Waals surface area contributed by atoms with Gasteiger partial charge in [0.2, 0.25) is 0 Å². The van der Waals surface area contributed by atoms with Gasteiger partial charge in [-0.2, -0.15) is 0 Å². The molecular formula is C42H40N4O2S4. The van der Waals surface area contributed by atoms with Gasteiger partial charge in [0.25, 0.3) is 0 Å². The van der Waals surface area contributed by atoms with Crippen LogP contribution in [-0.2, 0) is 0 Å². The van der Waals surface area contributed by atoms with E-state index in [4.69, 9.17) is 11.5 Å². The number of thiophene rings is 4. The Hall–Kier alpha value is -4.74. The molecule has 6 N–H and O–H groups in total. The minimum atomic E-state index is -0.492. The molecule has 0 fully saturated rings. The fraction of sp³-hybridized carbons (Fsp3) is 0.190. The maximum atomic E-state index is 11.1. The first-order valence-corrected chi connectivity index (χ1v) is 20.4. The normalized spacial score (nSPS) is 13.8. The van der Waals surface area contributed by atoms with Crippen molar-refractivity contribution in [1.82, 2.24) is 10.6 Å². The maximum Gasteiger partial charge on any atom is 0.312 e. The number of urea groups is 2. The van der Waals surface area contributed by atoms with Gasteiger partial charge in [0.1, 0.15) is 0 Å². The molecule has 0 saturated carbocycles. The lowest BCUT2D eigenvalue weighted by molar-refractivity contribution is 0.245. The van der Waals surface area contributed by atoms with E-state index in [9.17, 15) is 9.59 Å². The molecule has 4 aromatic carbocycles. The summed E-state index contributed by atoms with van der Waals surface area (Å²) < 4.78 is 5.13. The Morgan fingerprint density at radius 3 is 1.40 bits per heavy atom. The first kappa shape index (κ1) is 35.7. The maximum absolute atomic E-state index is 11.1. The third kappa shape index (κ3) is 7.71. The molecular weight excluding hydrogens is 721 g/mol. The van der Waals surface area contributed by atoms with Crippen LogP contribution in [0.1, 0.15) is 82.2 Å². The van der Waals surface area contributed by atoms with Gasteiger partial charge < -0.3 is 22.1 Å². The Morgan fingerprint density at radius 2 is 0.865 bits per heavy atom. The van der Waals surface area contributed by atoms with Crippen LogP contribution in [0.2, 0.25) is 0 Å². The summed E-state index contributed by atoms with van der Waals surface area (Å²) in [5.41, 5.74) is 13.1. The highest BCUT2D eigenvalue weighted by atomic mass is 32.1. The summed E-state index contributed by atoms with van der Waals surface area (Å²) >= 11 is 7.14. The van der Waals surface area contributed by atoms with Gasteiger partial charge >= 0.3 is 12.1 Å². The zero-order valence-electron chi connectivity index (χ0n) is 29.3. The van der Waals surface area contributed by atoms with Crippen molar-refractivity contribution in [2.24, 2.45) is 11.5 Å². The van der Waals surface area contributed by atoms with Crippen molar-refractivity contribution in [3.8, 4) is 0 Å². The van der Waals surface area contributed by atoms with E-state index >= 15 is 0 Å². The van der Waals surface area contributed by atoms with Crippen LogP contribution in [0.15, 0.2) is 109 Å². The molecule has 10 heteroatoms. The molecule has 0 aliphatic heterocycles. The van der Waals surface area contributed by atoms with Crippen LogP contribution in [0, 0.1) is 0 Å². The molecule has 8 rings (SSSR count). The van der Waals surface area contributed by atoms with E-state index in [0.29, 0.717) is 11.8 Å². The van der Waals surface area contributed by atoms with Crippen LogP contribution in [0.25, 0.3) is 40.3 Å². The number of nitrogens with one attached hydrogen (secondary N) is 2. The summed E-state index contributed by atoms with van der Waals surface area (Å²) in [7, 11) is 0. The predicted molar refractivity (Wildman–Crippen MR) is 225 cm³/mol. The molecule has 52 heavy (non-hydrogen) atoms. The molecule has 0 aliphatic carbocycles. The first-order chi connectivity index (χ1) is 25.0. The van der Waals surface area contributed by atoms with Gasteiger partial charge in [0.05, 0.1) is 12.1 Å². The van der Waals surface area contributed by atoms with E-state index in [1.165, 1.54) is 61.2 Å². The van der Waals surface area contributed by atoms with Gasteiger partial charge in [-0.15, -0.1) is 45.3 Å². The number of hydrogen-bond donors (Lipinski definition) is 4. The SMILES string of the molecule is CC(NC(N)=O)c1cc2cc(C(C)c3cc4ccccc4s3)ccc2s1.CC(NC(N)=O)c1cc2ccc(C(C)c3cc4ccccc4s3)cc2s1. The number of amides is 4. The minimum Gasteiger partial charge on any atom is -0.352 e. The van der Waals surface area contributed by atoms with Crippen molar-refractivity contribution in [3.05, 3.63) is 140 Å². The van der Waals surface area contributed by atoms with Crippen LogP contribution < -0.4 is 22.1 Å².